The molecule has 0 aromatic carbocycles. The fourth-order valence-electron chi connectivity index (χ4n) is 3.64. The van der Waals surface area contributed by atoms with Crippen molar-refractivity contribution < 1.29 is 4.79 Å². The molecule has 4 aromatic rings. The summed E-state index contributed by atoms with van der Waals surface area (Å²) in [5.41, 5.74) is 3.17. The van der Waals surface area contributed by atoms with Crippen LogP contribution in [0.2, 0.25) is 0 Å². The average molecular weight is 400 g/mol. The van der Waals surface area contributed by atoms with Crippen LogP contribution in [0.3, 0.4) is 0 Å². The van der Waals surface area contributed by atoms with E-state index in [2.05, 4.69) is 40.1 Å². The first-order valence-corrected chi connectivity index (χ1v) is 9.79. The topological polar surface area (TPSA) is 111 Å². The highest BCUT2D eigenvalue weighted by Crippen LogP contribution is 2.35. The van der Waals surface area contributed by atoms with Crippen LogP contribution in [-0.4, -0.2) is 41.4 Å². The van der Waals surface area contributed by atoms with Crippen LogP contribution in [0.5, 0.6) is 0 Å². The molecule has 0 bridgehead atoms. The van der Waals surface area contributed by atoms with Crippen molar-refractivity contribution in [1.29, 1.82) is 0 Å². The lowest BCUT2D eigenvalue weighted by Crippen LogP contribution is -2.44. The second-order valence-corrected chi connectivity index (χ2v) is 7.30. The minimum Gasteiger partial charge on any atom is -0.364 e. The van der Waals surface area contributed by atoms with E-state index in [9.17, 15) is 4.79 Å². The van der Waals surface area contributed by atoms with E-state index in [-0.39, 0.29) is 18.0 Å². The number of anilines is 1. The summed E-state index contributed by atoms with van der Waals surface area (Å²) in [4.78, 5) is 33.7. The zero-order valence-corrected chi connectivity index (χ0v) is 16.1. The standard InChI is InChI=1S/C21H20N8O/c30-21(15-4-2-6-23-11-15)28-16-7-17(8-16)29-13-27-18-19(25-12-26-20(18)29)24-10-14-3-1-5-22-9-14/h1-6,9,11-13,16-17H,7-8,10H2,(H,28,30)(H,24,25,26). The largest absolute Gasteiger partial charge is 0.364 e. The Morgan fingerprint density at radius 1 is 1.07 bits per heavy atom. The lowest BCUT2D eigenvalue weighted by atomic mass is 9.86. The van der Waals surface area contributed by atoms with Crippen molar-refractivity contribution in [2.45, 2.75) is 31.5 Å². The third-order valence-electron chi connectivity index (χ3n) is 5.31. The minimum atomic E-state index is -0.0914. The number of imidazole rings is 1. The molecule has 5 rings (SSSR count). The summed E-state index contributed by atoms with van der Waals surface area (Å²) in [6.45, 7) is 0.610. The number of carbonyl (C=O) groups excluding carboxylic acids is 1. The first kappa shape index (κ1) is 18.2. The van der Waals surface area contributed by atoms with Crippen LogP contribution in [0.25, 0.3) is 11.2 Å². The molecule has 2 N–H and O–H groups in total. The van der Waals surface area contributed by atoms with Crippen LogP contribution in [-0.2, 0) is 6.54 Å². The quantitative estimate of drug-likeness (QED) is 0.511. The summed E-state index contributed by atoms with van der Waals surface area (Å²) in [5.74, 6) is 0.606. The van der Waals surface area contributed by atoms with E-state index in [1.165, 1.54) is 0 Å². The Balaban J connectivity index is 1.25. The number of hydrogen-bond donors (Lipinski definition) is 2. The molecule has 9 nitrogen and oxygen atoms in total. The first-order valence-electron chi connectivity index (χ1n) is 9.79. The van der Waals surface area contributed by atoms with Gasteiger partial charge in [0, 0.05) is 43.4 Å². The van der Waals surface area contributed by atoms with Gasteiger partial charge in [-0.1, -0.05) is 6.07 Å². The molecule has 1 fully saturated rings. The van der Waals surface area contributed by atoms with Gasteiger partial charge in [-0.05, 0) is 36.6 Å². The van der Waals surface area contributed by atoms with Gasteiger partial charge in [0.2, 0.25) is 0 Å². The van der Waals surface area contributed by atoms with Crippen molar-refractivity contribution in [3.63, 3.8) is 0 Å². The van der Waals surface area contributed by atoms with Crippen LogP contribution in [0.1, 0.15) is 34.8 Å². The van der Waals surface area contributed by atoms with Crippen molar-refractivity contribution in [3.8, 4) is 0 Å². The van der Waals surface area contributed by atoms with Crippen molar-refractivity contribution in [3.05, 3.63) is 72.8 Å². The summed E-state index contributed by atoms with van der Waals surface area (Å²) in [6.07, 6.45) is 11.8. The van der Waals surface area contributed by atoms with Gasteiger partial charge in [0.15, 0.2) is 11.5 Å². The molecule has 0 spiro atoms. The van der Waals surface area contributed by atoms with Crippen LogP contribution in [0.4, 0.5) is 5.82 Å². The highest BCUT2D eigenvalue weighted by molar-refractivity contribution is 5.94. The molecular formula is C21H20N8O. The van der Waals surface area contributed by atoms with E-state index < -0.39 is 0 Å². The van der Waals surface area contributed by atoms with E-state index in [0.29, 0.717) is 17.9 Å². The molecule has 1 aliphatic carbocycles. The molecule has 0 saturated heterocycles. The second-order valence-electron chi connectivity index (χ2n) is 7.30. The molecule has 4 heterocycles. The lowest BCUT2D eigenvalue weighted by molar-refractivity contribution is 0.0894. The van der Waals surface area contributed by atoms with Gasteiger partial charge in [-0.3, -0.25) is 14.8 Å². The molecule has 0 aliphatic heterocycles. The van der Waals surface area contributed by atoms with Crippen LogP contribution >= 0.6 is 0 Å². The Morgan fingerprint density at radius 3 is 2.67 bits per heavy atom. The summed E-state index contributed by atoms with van der Waals surface area (Å²) in [7, 11) is 0. The minimum absolute atomic E-state index is 0.0914. The second kappa shape index (κ2) is 7.86. The van der Waals surface area contributed by atoms with Crippen LogP contribution in [0, 0.1) is 0 Å². The molecule has 4 aromatic heterocycles. The average Bonchev–Trinajstić information content (AvgIpc) is 3.20. The number of amides is 1. The number of pyridine rings is 2. The SMILES string of the molecule is O=C(NC1CC(n2cnc3c(NCc4cccnc4)ncnc32)C1)c1cccnc1. The maximum Gasteiger partial charge on any atom is 0.253 e. The summed E-state index contributed by atoms with van der Waals surface area (Å²) < 4.78 is 2.07. The van der Waals surface area contributed by atoms with E-state index in [1.807, 2.05) is 18.3 Å². The van der Waals surface area contributed by atoms with Crippen LogP contribution < -0.4 is 10.6 Å². The maximum atomic E-state index is 12.3. The zero-order chi connectivity index (χ0) is 20.3. The summed E-state index contributed by atoms with van der Waals surface area (Å²) >= 11 is 0. The Morgan fingerprint density at radius 2 is 1.90 bits per heavy atom. The number of nitrogens with one attached hydrogen (secondary N) is 2. The van der Waals surface area contributed by atoms with Gasteiger partial charge in [-0.2, -0.15) is 0 Å². The Kier molecular flexibility index (Phi) is 4.76. The molecule has 1 aliphatic rings. The number of nitrogens with zero attached hydrogens (tertiary/aromatic N) is 6. The maximum absolute atomic E-state index is 12.3. The third kappa shape index (κ3) is 3.57. The van der Waals surface area contributed by atoms with E-state index in [1.54, 1.807) is 43.4 Å². The Labute approximate surface area is 172 Å². The van der Waals surface area contributed by atoms with E-state index in [4.69, 9.17) is 0 Å². The van der Waals surface area contributed by atoms with Gasteiger partial charge in [-0.25, -0.2) is 15.0 Å². The van der Waals surface area contributed by atoms with Gasteiger partial charge >= 0.3 is 0 Å². The highest BCUT2D eigenvalue weighted by Gasteiger charge is 2.33. The molecule has 9 heteroatoms. The molecular weight excluding hydrogens is 380 g/mol. The van der Waals surface area contributed by atoms with E-state index in [0.717, 1.165) is 29.6 Å². The number of rotatable bonds is 6. The van der Waals surface area contributed by atoms with Gasteiger partial charge in [0.1, 0.15) is 11.8 Å². The zero-order valence-electron chi connectivity index (χ0n) is 16.1. The third-order valence-corrected chi connectivity index (χ3v) is 5.31. The predicted octanol–water partition coefficient (Wildman–Crippen LogP) is 2.36. The smallest absolute Gasteiger partial charge is 0.253 e. The van der Waals surface area contributed by atoms with Crippen molar-refractivity contribution in [2.75, 3.05) is 5.32 Å². The summed E-state index contributed by atoms with van der Waals surface area (Å²) in [5, 5.41) is 6.37. The monoisotopic (exact) mass is 400 g/mol. The molecule has 0 radical (unpaired) electrons. The lowest BCUT2D eigenvalue weighted by Gasteiger charge is -2.36. The van der Waals surface area contributed by atoms with Crippen molar-refractivity contribution >= 4 is 22.9 Å². The van der Waals surface area contributed by atoms with Gasteiger partial charge < -0.3 is 15.2 Å². The van der Waals surface area contributed by atoms with Crippen molar-refractivity contribution in [2.24, 2.45) is 0 Å². The van der Waals surface area contributed by atoms with Gasteiger partial charge in [0.25, 0.3) is 5.91 Å². The summed E-state index contributed by atoms with van der Waals surface area (Å²) in [6, 6.07) is 7.81. The highest BCUT2D eigenvalue weighted by atomic mass is 16.1. The Bertz CT molecular complexity index is 1160. The fourth-order valence-corrected chi connectivity index (χ4v) is 3.64. The Hall–Kier alpha value is -3.88. The van der Waals surface area contributed by atoms with Gasteiger partial charge in [-0.15, -0.1) is 0 Å². The van der Waals surface area contributed by atoms with Crippen molar-refractivity contribution in [1.82, 2.24) is 34.8 Å². The molecule has 30 heavy (non-hydrogen) atoms. The normalized spacial score (nSPS) is 18.0. The molecule has 150 valence electrons. The fraction of sp³-hybridized carbons (Fsp3) is 0.238. The number of fused-ring (bicyclic) bond motifs is 1. The number of aromatic nitrogens is 6. The van der Waals surface area contributed by atoms with Gasteiger partial charge in [0.05, 0.1) is 11.9 Å². The molecule has 0 unspecified atom stereocenters. The number of hydrogen-bond acceptors (Lipinski definition) is 7. The first-order chi connectivity index (χ1) is 14.8. The molecule has 1 saturated carbocycles. The van der Waals surface area contributed by atoms with Crippen LogP contribution in [0.15, 0.2) is 61.7 Å². The molecule has 1 amide bonds. The molecule has 0 atom stereocenters. The number of carbonyl (C=O) groups is 1. The van der Waals surface area contributed by atoms with E-state index >= 15 is 0 Å². The predicted molar refractivity (Wildman–Crippen MR) is 111 cm³/mol.